The molecule has 4 rings (SSSR count). The van der Waals surface area contributed by atoms with Crippen LogP contribution in [0.15, 0.2) is 48.7 Å². The Kier molecular flexibility index (Phi) is 6.90. The summed E-state index contributed by atoms with van der Waals surface area (Å²) >= 11 is 0. The summed E-state index contributed by atoms with van der Waals surface area (Å²) in [4.78, 5) is 16.4. The molecular formula is C23H24F5N5O. The number of halogens is 5. The first kappa shape index (κ1) is 23.8. The molecule has 0 aliphatic heterocycles. The molecule has 0 atom stereocenters. The number of amides is 1. The Hall–Kier alpha value is -3.37. The molecular weight excluding hydrogens is 457 g/mol. The normalized spacial score (nSPS) is 18.8. The zero-order valence-electron chi connectivity index (χ0n) is 18.1. The molecule has 3 N–H and O–H groups in total. The maximum atomic E-state index is 13.0. The van der Waals surface area contributed by atoms with Gasteiger partial charge in [-0.05, 0) is 49.9 Å². The van der Waals surface area contributed by atoms with Crippen LogP contribution in [0.5, 0.6) is 0 Å². The lowest BCUT2D eigenvalue weighted by Gasteiger charge is -2.30. The maximum absolute atomic E-state index is 13.0. The lowest BCUT2D eigenvalue weighted by atomic mass is 9.91. The third-order valence-corrected chi connectivity index (χ3v) is 5.82. The number of imidazole rings is 1. The van der Waals surface area contributed by atoms with Crippen molar-refractivity contribution in [1.29, 1.82) is 0 Å². The Morgan fingerprint density at radius 1 is 1.03 bits per heavy atom. The van der Waals surface area contributed by atoms with Crippen LogP contribution in [0.4, 0.5) is 33.5 Å². The van der Waals surface area contributed by atoms with Gasteiger partial charge in [0.15, 0.2) is 5.69 Å². The molecule has 1 fully saturated rings. The number of hydrogen-bond acceptors (Lipinski definition) is 4. The van der Waals surface area contributed by atoms with Gasteiger partial charge >= 0.3 is 6.18 Å². The monoisotopic (exact) mass is 481 g/mol. The van der Waals surface area contributed by atoms with Crippen molar-refractivity contribution in [2.24, 2.45) is 0 Å². The van der Waals surface area contributed by atoms with E-state index in [2.05, 4.69) is 20.9 Å². The molecule has 0 spiro atoms. The summed E-state index contributed by atoms with van der Waals surface area (Å²) in [6.45, 7) is -0.546. The summed E-state index contributed by atoms with van der Waals surface area (Å²) in [5, 5.41) is 8.85. The van der Waals surface area contributed by atoms with Crippen LogP contribution in [0.1, 0.15) is 41.7 Å². The van der Waals surface area contributed by atoms with Gasteiger partial charge in [0.2, 0.25) is 0 Å². The number of fused-ring (bicyclic) bond motifs is 1. The first-order valence-electron chi connectivity index (χ1n) is 10.9. The SMILES string of the molecule is O=C(NC1CCC(Nc2cccc3nc(C(F)(F)F)cn23)CC1)c1ccccc1NCC(F)F. The number of nitrogens with one attached hydrogen (secondary N) is 3. The largest absolute Gasteiger partial charge is 0.434 e. The molecule has 3 aromatic rings. The number of hydrogen-bond donors (Lipinski definition) is 3. The topological polar surface area (TPSA) is 70.5 Å². The van der Waals surface area contributed by atoms with E-state index in [-0.39, 0.29) is 23.6 Å². The number of para-hydroxylation sites is 1. The molecule has 34 heavy (non-hydrogen) atoms. The van der Waals surface area contributed by atoms with Gasteiger partial charge < -0.3 is 16.0 Å². The minimum Gasteiger partial charge on any atom is -0.379 e. The lowest BCUT2D eigenvalue weighted by molar-refractivity contribution is -0.140. The fourth-order valence-corrected chi connectivity index (χ4v) is 4.14. The van der Waals surface area contributed by atoms with Gasteiger partial charge in [-0.1, -0.05) is 18.2 Å². The van der Waals surface area contributed by atoms with Gasteiger partial charge in [-0.25, -0.2) is 13.8 Å². The third kappa shape index (κ3) is 5.57. The predicted octanol–water partition coefficient (Wildman–Crippen LogP) is 5.18. The second-order valence-corrected chi connectivity index (χ2v) is 8.25. The number of aromatic nitrogens is 2. The van der Waals surface area contributed by atoms with E-state index in [9.17, 15) is 26.7 Å². The van der Waals surface area contributed by atoms with Crippen molar-refractivity contribution in [3.05, 3.63) is 59.9 Å². The van der Waals surface area contributed by atoms with Crippen molar-refractivity contribution in [3.63, 3.8) is 0 Å². The second kappa shape index (κ2) is 9.86. The minimum atomic E-state index is -4.52. The van der Waals surface area contributed by atoms with E-state index >= 15 is 0 Å². The van der Waals surface area contributed by atoms with Gasteiger partial charge in [0.05, 0.1) is 12.1 Å². The van der Waals surface area contributed by atoms with Crippen molar-refractivity contribution in [2.45, 2.75) is 50.4 Å². The van der Waals surface area contributed by atoms with E-state index in [1.54, 1.807) is 36.4 Å². The average molecular weight is 481 g/mol. The molecule has 1 saturated carbocycles. The maximum Gasteiger partial charge on any atom is 0.434 e. The third-order valence-electron chi connectivity index (χ3n) is 5.82. The van der Waals surface area contributed by atoms with E-state index in [1.807, 2.05) is 0 Å². The number of carbonyl (C=O) groups excluding carboxylic acids is 1. The number of nitrogens with zero attached hydrogens (tertiary/aromatic N) is 2. The molecule has 0 saturated heterocycles. The van der Waals surface area contributed by atoms with E-state index < -0.39 is 24.8 Å². The van der Waals surface area contributed by atoms with E-state index in [1.165, 1.54) is 10.5 Å². The standard InChI is InChI=1S/C23H24F5N5O/c24-19(25)12-29-17-5-2-1-4-16(17)22(34)31-15-10-8-14(9-11-15)30-20-6-3-7-21-32-18(13-33(20)21)23(26,27)28/h1-7,13-15,19,29-30H,8-12H2,(H,31,34). The Labute approximate surface area is 192 Å². The fourth-order valence-electron chi connectivity index (χ4n) is 4.14. The highest BCUT2D eigenvalue weighted by Crippen LogP contribution is 2.30. The van der Waals surface area contributed by atoms with Crippen LogP contribution in [0.25, 0.3) is 5.65 Å². The molecule has 1 amide bonds. The zero-order valence-corrected chi connectivity index (χ0v) is 18.1. The summed E-state index contributed by atoms with van der Waals surface area (Å²) in [5.74, 6) is 0.184. The highest BCUT2D eigenvalue weighted by atomic mass is 19.4. The average Bonchev–Trinajstić information content (AvgIpc) is 3.25. The van der Waals surface area contributed by atoms with E-state index in [0.717, 1.165) is 6.20 Å². The molecule has 2 aromatic heterocycles. The van der Waals surface area contributed by atoms with Gasteiger partial charge in [-0.3, -0.25) is 9.20 Å². The predicted molar refractivity (Wildman–Crippen MR) is 118 cm³/mol. The van der Waals surface area contributed by atoms with E-state index in [4.69, 9.17) is 0 Å². The van der Waals surface area contributed by atoms with Crippen LogP contribution in [-0.4, -0.2) is 40.3 Å². The molecule has 1 aliphatic carbocycles. The van der Waals surface area contributed by atoms with Crippen LogP contribution in [-0.2, 0) is 6.18 Å². The number of anilines is 2. The van der Waals surface area contributed by atoms with Gasteiger partial charge in [-0.2, -0.15) is 13.2 Å². The zero-order chi connectivity index (χ0) is 24.3. The van der Waals surface area contributed by atoms with Crippen LogP contribution >= 0.6 is 0 Å². The quantitative estimate of drug-likeness (QED) is 0.407. The number of alkyl halides is 5. The van der Waals surface area contributed by atoms with E-state index in [0.29, 0.717) is 42.8 Å². The summed E-state index contributed by atoms with van der Waals surface area (Å²) in [6, 6.07) is 11.3. The first-order chi connectivity index (χ1) is 16.2. The van der Waals surface area contributed by atoms with Crippen molar-refractivity contribution in [2.75, 3.05) is 17.2 Å². The van der Waals surface area contributed by atoms with Crippen molar-refractivity contribution < 1.29 is 26.7 Å². The first-order valence-corrected chi connectivity index (χ1v) is 10.9. The highest BCUT2D eigenvalue weighted by Gasteiger charge is 2.34. The van der Waals surface area contributed by atoms with Gasteiger partial charge in [0.25, 0.3) is 12.3 Å². The molecule has 0 bridgehead atoms. The van der Waals surface area contributed by atoms with Gasteiger partial charge in [0, 0.05) is 24.0 Å². The van der Waals surface area contributed by atoms with Crippen molar-refractivity contribution in [3.8, 4) is 0 Å². The highest BCUT2D eigenvalue weighted by molar-refractivity contribution is 5.99. The lowest BCUT2D eigenvalue weighted by Crippen LogP contribution is -2.40. The summed E-state index contributed by atoms with van der Waals surface area (Å²) in [7, 11) is 0. The number of carbonyl (C=O) groups is 1. The molecule has 0 unspecified atom stereocenters. The molecule has 6 nitrogen and oxygen atoms in total. The Morgan fingerprint density at radius 3 is 2.44 bits per heavy atom. The molecule has 2 heterocycles. The number of pyridine rings is 1. The van der Waals surface area contributed by atoms with Gasteiger partial charge in [0.1, 0.15) is 11.5 Å². The van der Waals surface area contributed by atoms with Crippen LogP contribution in [0.2, 0.25) is 0 Å². The van der Waals surface area contributed by atoms with Crippen LogP contribution in [0, 0.1) is 0 Å². The Balaban J connectivity index is 1.35. The van der Waals surface area contributed by atoms with Gasteiger partial charge in [-0.15, -0.1) is 0 Å². The number of benzene rings is 1. The second-order valence-electron chi connectivity index (χ2n) is 8.25. The fraction of sp³-hybridized carbons (Fsp3) is 0.391. The summed E-state index contributed by atoms with van der Waals surface area (Å²) < 4.78 is 65.5. The molecule has 11 heteroatoms. The smallest absolute Gasteiger partial charge is 0.379 e. The molecule has 1 aromatic carbocycles. The Morgan fingerprint density at radius 2 is 1.74 bits per heavy atom. The molecule has 182 valence electrons. The van der Waals surface area contributed by atoms with Crippen molar-refractivity contribution in [1.82, 2.24) is 14.7 Å². The molecule has 1 aliphatic rings. The summed E-state index contributed by atoms with van der Waals surface area (Å²) in [6.07, 6.45) is -3.34. The number of rotatable bonds is 7. The Bertz CT molecular complexity index is 1140. The van der Waals surface area contributed by atoms with Crippen molar-refractivity contribution >= 4 is 23.1 Å². The summed E-state index contributed by atoms with van der Waals surface area (Å²) in [5.41, 5.74) is -0.0909. The van der Waals surface area contributed by atoms with Crippen LogP contribution < -0.4 is 16.0 Å². The minimum absolute atomic E-state index is 0.0236. The molecule has 0 radical (unpaired) electrons. The van der Waals surface area contributed by atoms with Crippen LogP contribution in [0.3, 0.4) is 0 Å².